The van der Waals surface area contributed by atoms with Gasteiger partial charge in [-0.05, 0) is 38.1 Å². The van der Waals surface area contributed by atoms with E-state index in [1.807, 2.05) is 13.8 Å². The average Bonchev–Trinajstić information content (AvgIpc) is 2.28. The van der Waals surface area contributed by atoms with Gasteiger partial charge in [-0.2, -0.15) is 0 Å². The van der Waals surface area contributed by atoms with E-state index in [-0.39, 0.29) is 5.78 Å². The Labute approximate surface area is 94.2 Å². The quantitative estimate of drug-likeness (QED) is 0.717. The third kappa shape index (κ3) is 2.14. The number of carbonyl (C=O) groups excluding carboxylic acids is 1. The zero-order valence-corrected chi connectivity index (χ0v) is 9.27. The summed E-state index contributed by atoms with van der Waals surface area (Å²) in [4.78, 5) is 20.2. The summed E-state index contributed by atoms with van der Waals surface area (Å²) in [6.07, 6.45) is 3.30. The maximum Gasteiger partial charge on any atom is 0.193 e. The van der Waals surface area contributed by atoms with Crippen molar-refractivity contribution in [2.75, 3.05) is 0 Å². The van der Waals surface area contributed by atoms with E-state index in [1.54, 1.807) is 36.7 Å². The lowest BCUT2D eigenvalue weighted by Gasteiger charge is -2.02. The van der Waals surface area contributed by atoms with Crippen LogP contribution in [0.2, 0.25) is 0 Å². The largest absolute Gasteiger partial charge is 0.289 e. The first-order valence-electron chi connectivity index (χ1n) is 5.07. The van der Waals surface area contributed by atoms with Crippen molar-refractivity contribution in [1.29, 1.82) is 0 Å². The van der Waals surface area contributed by atoms with Crippen LogP contribution in [0.4, 0.5) is 0 Å². The van der Waals surface area contributed by atoms with E-state index in [1.165, 1.54) is 0 Å². The van der Waals surface area contributed by atoms with Gasteiger partial charge in [0.25, 0.3) is 0 Å². The van der Waals surface area contributed by atoms with Gasteiger partial charge >= 0.3 is 0 Å². The first-order chi connectivity index (χ1) is 7.66. The minimum absolute atomic E-state index is 0.0102. The molecule has 0 atom stereocenters. The summed E-state index contributed by atoms with van der Waals surface area (Å²) in [5.41, 5.74) is 3.02. The molecular weight excluding hydrogens is 200 g/mol. The molecule has 0 fully saturated rings. The summed E-state index contributed by atoms with van der Waals surface area (Å²) in [5, 5.41) is 0. The van der Waals surface area contributed by atoms with Crippen LogP contribution in [0.25, 0.3) is 0 Å². The minimum Gasteiger partial charge on any atom is -0.289 e. The normalized spacial score (nSPS) is 10.1. The van der Waals surface area contributed by atoms with Crippen molar-refractivity contribution >= 4 is 5.78 Å². The van der Waals surface area contributed by atoms with Gasteiger partial charge in [-0.1, -0.05) is 0 Å². The van der Waals surface area contributed by atoms with Crippen LogP contribution in [0.1, 0.15) is 27.3 Å². The molecule has 2 aromatic heterocycles. The van der Waals surface area contributed by atoms with E-state index < -0.39 is 0 Å². The fraction of sp³-hybridized carbons (Fsp3) is 0.154. The summed E-state index contributed by atoms with van der Waals surface area (Å²) >= 11 is 0. The van der Waals surface area contributed by atoms with Gasteiger partial charge < -0.3 is 0 Å². The van der Waals surface area contributed by atoms with Gasteiger partial charge in [-0.3, -0.25) is 14.8 Å². The van der Waals surface area contributed by atoms with Crippen molar-refractivity contribution in [3.63, 3.8) is 0 Å². The molecule has 2 rings (SSSR count). The molecule has 0 aliphatic heterocycles. The monoisotopic (exact) mass is 212 g/mol. The van der Waals surface area contributed by atoms with Gasteiger partial charge in [0.05, 0.1) is 0 Å². The third-order valence-electron chi connectivity index (χ3n) is 2.32. The van der Waals surface area contributed by atoms with Crippen LogP contribution in [0.5, 0.6) is 0 Å². The second-order valence-corrected chi connectivity index (χ2v) is 3.70. The number of pyridine rings is 2. The second-order valence-electron chi connectivity index (χ2n) is 3.70. The Kier molecular flexibility index (Phi) is 2.77. The molecule has 0 aliphatic carbocycles. The summed E-state index contributed by atoms with van der Waals surface area (Å²) < 4.78 is 0. The predicted molar refractivity (Wildman–Crippen MR) is 61.4 cm³/mol. The fourth-order valence-corrected chi connectivity index (χ4v) is 1.54. The summed E-state index contributed by atoms with van der Waals surface area (Å²) in [5.74, 6) is 0.0102. The van der Waals surface area contributed by atoms with Crippen LogP contribution in [0.3, 0.4) is 0 Å². The summed E-state index contributed by atoms with van der Waals surface area (Å²) in [7, 11) is 0. The highest BCUT2D eigenvalue weighted by Gasteiger charge is 2.09. The van der Waals surface area contributed by atoms with E-state index in [2.05, 4.69) is 9.97 Å². The predicted octanol–water partition coefficient (Wildman–Crippen LogP) is 2.32. The van der Waals surface area contributed by atoms with Gasteiger partial charge in [0.1, 0.15) is 0 Å². The lowest BCUT2D eigenvalue weighted by Crippen LogP contribution is -2.02. The lowest BCUT2D eigenvalue weighted by atomic mass is 10.0. The highest BCUT2D eigenvalue weighted by atomic mass is 16.1. The molecule has 0 N–H and O–H groups in total. The Morgan fingerprint density at radius 3 is 1.75 bits per heavy atom. The Bertz CT molecular complexity index is 487. The number of ketones is 1. The molecule has 0 aliphatic rings. The molecule has 3 heteroatoms. The maximum atomic E-state index is 12.1. The van der Waals surface area contributed by atoms with Crippen LogP contribution < -0.4 is 0 Å². The highest BCUT2D eigenvalue weighted by molar-refractivity contribution is 6.08. The molecular formula is C13H12N2O. The second kappa shape index (κ2) is 4.23. The van der Waals surface area contributed by atoms with E-state index in [4.69, 9.17) is 0 Å². The maximum absolute atomic E-state index is 12.1. The summed E-state index contributed by atoms with van der Waals surface area (Å²) in [6.45, 7) is 3.74. The Morgan fingerprint density at radius 1 is 0.938 bits per heavy atom. The van der Waals surface area contributed by atoms with Crippen molar-refractivity contribution in [2.24, 2.45) is 0 Å². The Balaban J connectivity index is 2.39. The minimum atomic E-state index is 0.0102. The molecule has 16 heavy (non-hydrogen) atoms. The molecule has 3 nitrogen and oxygen atoms in total. The molecule has 0 aromatic carbocycles. The Morgan fingerprint density at radius 2 is 1.38 bits per heavy atom. The van der Waals surface area contributed by atoms with Gasteiger partial charge in [-0.15, -0.1) is 0 Å². The number of hydrogen-bond acceptors (Lipinski definition) is 3. The smallest absolute Gasteiger partial charge is 0.193 e. The van der Waals surface area contributed by atoms with Gasteiger partial charge in [-0.25, -0.2) is 0 Å². The first-order valence-corrected chi connectivity index (χ1v) is 5.07. The first kappa shape index (κ1) is 10.5. The molecule has 0 saturated carbocycles. The molecule has 0 radical (unpaired) electrons. The van der Waals surface area contributed by atoms with E-state index in [0.29, 0.717) is 11.1 Å². The van der Waals surface area contributed by atoms with Gasteiger partial charge in [0.2, 0.25) is 0 Å². The zero-order chi connectivity index (χ0) is 11.5. The van der Waals surface area contributed by atoms with Gasteiger partial charge in [0, 0.05) is 34.9 Å². The SMILES string of the molecule is Cc1cc(C(=O)c2ccnc(C)c2)ccn1. The number of hydrogen-bond donors (Lipinski definition) is 0. The Hall–Kier alpha value is -2.03. The molecule has 80 valence electrons. The molecule has 2 aromatic rings. The van der Waals surface area contributed by atoms with E-state index >= 15 is 0 Å². The number of carbonyl (C=O) groups is 1. The van der Waals surface area contributed by atoms with Crippen molar-refractivity contribution in [3.8, 4) is 0 Å². The van der Waals surface area contributed by atoms with Crippen LogP contribution in [-0.4, -0.2) is 15.8 Å². The van der Waals surface area contributed by atoms with E-state index in [9.17, 15) is 4.79 Å². The van der Waals surface area contributed by atoms with Crippen molar-refractivity contribution in [2.45, 2.75) is 13.8 Å². The van der Waals surface area contributed by atoms with Crippen LogP contribution in [0, 0.1) is 13.8 Å². The van der Waals surface area contributed by atoms with Crippen LogP contribution in [0.15, 0.2) is 36.7 Å². The van der Waals surface area contributed by atoms with Gasteiger partial charge in [0.15, 0.2) is 5.78 Å². The van der Waals surface area contributed by atoms with Crippen molar-refractivity contribution < 1.29 is 4.79 Å². The lowest BCUT2D eigenvalue weighted by molar-refractivity contribution is 0.103. The molecule has 0 spiro atoms. The average molecular weight is 212 g/mol. The fourth-order valence-electron chi connectivity index (χ4n) is 1.54. The number of aryl methyl sites for hydroxylation is 2. The topological polar surface area (TPSA) is 42.9 Å². The molecule has 2 heterocycles. The highest BCUT2D eigenvalue weighted by Crippen LogP contribution is 2.10. The summed E-state index contributed by atoms with van der Waals surface area (Å²) in [6, 6.07) is 7.03. The van der Waals surface area contributed by atoms with Crippen molar-refractivity contribution in [1.82, 2.24) is 9.97 Å². The molecule has 0 bridgehead atoms. The molecule has 0 saturated heterocycles. The van der Waals surface area contributed by atoms with Crippen LogP contribution in [-0.2, 0) is 0 Å². The van der Waals surface area contributed by atoms with E-state index in [0.717, 1.165) is 11.4 Å². The number of aromatic nitrogens is 2. The third-order valence-corrected chi connectivity index (χ3v) is 2.32. The molecule has 0 amide bonds. The number of rotatable bonds is 2. The number of nitrogens with zero attached hydrogens (tertiary/aromatic N) is 2. The standard InChI is InChI=1S/C13H12N2O/c1-9-7-11(3-5-14-9)13(16)12-4-6-15-10(2)8-12/h3-8H,1-2H3. The zero-order valence-electron chi connectivity index (χ0n) is 9.27. The van der Waals surface area contributed by atoms with Crippen molar-refractivity contribution in [3.05, 3.63) is 59.2 Å². The molecule has 0 unspecified atom stereocenters. The van der Waals surface area contributed by atoms with Crippen LogP contribution >= 0.6 is 0 Å².